The van der Waals surface area contributed by atoms with Crippen LogP contribution in [0.25, 0.3) is 6.08 Å². The standard InChI is InChI=1S/C20H15ClI2N2O3S/c1-24-18(26)14(19(27)25(2)20(24)29)7-12-8-15(22)17(16(23)9-12)28-10-11-3-5-13(21)6-4-11/h3-9H,10H2,1-2H3. The maximum Gasteiger partial charge on any atom is 0.265 e. The van der Waals surface area contributed by atoms with Gasteiger partial charge in [-0.3, -0.25) is 19.4 Å². The highest BCUT2D eigenvalue weighted by atomic mass is 127. The second kappa shape index (κ2) is 9.27. The first-order valence-electron chi connectivity index (χ1n) is 8.37. The Balaban J connectivity index is 1.86. The molecular formula is C20H15ClI2N2O3S. The minimum Gasteiger partial charge on any atom is -0.487 e. The molecule has 2 aromatic carbocycles. The molecule has 0 unspecified atom stereocenters. The fourth-order valence-electron chi connectivity index (χ4n) is 2.68. The molecule has 0 radical (unpaired) electrons. The van der Waals surface area contributed by atoms with Gasteiger partial charge in [-0.1, -0.05) is 23.7 Å². The number of carbonyl (C=O) groups is 2. The quantitative estimate of drug-likeness (QED) is 0.208. The first-order chi connectivity index (χ1) is 13.7. The monoisotopic (exact) mass is 652 g/mol. The summed E-state index contributed by atoms with van der Waals surface area (Å²) in [6, 6.07) is 11.2. The fourth-order valence-corrected chi connectivity index (χ4v) is 5.10. The summed E-state index contributed by atoms with van der Waals surface area (Å²) in [4.78, 5) is 27.6. The average molecular weight is 653 g/mol. The summed E-state index contributed by atoms with van der Waals surface area (Å²) in [6.07, 6.45) is 1.59. The third-order valence-corrected chi connectivity index (χ3v) is 6.67. The molecule has 29 heavy (non-hydrogen) atoms. The number of nitrogens with zero attached hydrogens (tertiary/aromatic N) is 2. The van der Waals surface area contributed by atoms with Crippen molar-refractivity contribution in [3.63, 3.8) is 0 Å². The van der Waals surface area contributed by atoms with E-state index in [4.69, 9.17) is 28.6 Å². The SMILES string of the molecule is CN1C(=O)C(=Cc2cc(I)c(OCc3ccc(Cl)cc3)c(I)c2)C(=O)N(C)C1=S. The molecule has 5 nitrogen and oxygen atoms in total. The first kappa shape index (κ1) is 22.4. The van der Waals surface area contributed by atoms with E-state index in [9.17, 15) is 9.59 Å². The number of halogens is 3. The van der Waals surface area contributed by atoms with Crippen molar-refractivity contribution in [3.05, 3.63) is 65.3 Å². The Labute approximate surface area is 206 Å². The molecule has 0 saturated carbocycles. The molecule has 1 heterocycles. The van der Waals surface area contributed by atoms with Gasteiger partial charge < -0.3 is 4.74 Å². The van der Waals surface area contributed by atoms with Gasteiger partial charge in [0.2, 0.25) is 0 Å². The van der Waals surface area contributed by atoms with Crippen LogP contribution in [0.2, 0.25) is 5.02 Å². The van der Waals surface area contributed by atoms with Gasteiger partial charge in [0.05, 0.1) is 7.14 Å². The molecule has 2 amide bonds. The van der Waals surface area contributed by atoms with Crippen LogP contribution >= 0.6 is 69.0 Å². The lowest BCUT2D eigenvalue weighted by molar-refractivity contribution is -0.132. The smallest absolute Gasteiger partial charge is 0.265 e. The van der Waals surface area contributed by atoms with Crippen LogP contribution in [0.3, 0.4) is 0 Å². The van der Waals surface area contributed by atoms with E-state index in [-0.39, 0.29) is 10.7 Å². The highest BCUT2D eigenvalue weighted by Gasteiger charge is 2.35. The summed E-state index contributed by atoms with van der Waals surface area (Å²) in [7, 11) is 3.12. The van der Waals surface area contributed by atoms with Gasteiger partial charge in [-0.15, -0.1) is 0 Å². The highest BCUT2D eigenvalue weighted by molar-refractivity contribution is 14.1. The fraction of sp³-hybridized carbons (Fsp3) is 0.150. The van der Waals surface area contributed by atoms with Crippen LogP contribution in [0.1, 0.15) is 11.1 Å². The van der Waals surface area contributed by atoms with Gasteiger partial charge in [0.15, 0.2) is 5.11 Å². The van der Waals surface area contributed by atoms with Crippen molar-refractivity contribution in [1.82, 2.24) is 9.80 Å². The summed E-state index contributed by atoms with van der Waals surface area (Å²) >= 11 is 15.4. The average Bonchev–Trinajstić information content (AvgIpc) is 2.69. The third kappa shape index (κ3) is 4.92. The summed E-state index contributed by atoms with van der Waals surface area (Å²) in [5.41, 5.74) is 1.82. The van der Waals surface area contributed by atoms with Crippen LogP contribution in [0, 0.1) is 7.14 Å². The second-order valence-electron chi connectivity index (χ2n) is 6.30. The minimum atomic E-state index is -0.411. The largest absolute Gasteiger partial charge is 0.487 e. The Kier molecular flexibility index (Phi) is 7.18. The molecule has 1 saturated heterocycles. The predicted molar refractivity (Wildman–Crippen MR) is 134 cm³/mol. The van der Waals surface area contributed by atoms with E-state index < -0.39 is 11.8 Å². The van der Waals surface area contributed by atoms with E-state index in [1.54, 1.807) is 20.2 Å². The Morgan fingerprint density at radius 3 is 2.07 bits per heavy atom. The van der Waals surface area contributed by atoms with Gasteiger partial charge in [-0.25, -0.2) is 0 Å². The molecular weight excluding hydrogens is 638 g/mol. The number of rotatable bonds is 4. The van der Waals surface area contributed by atoms with Crippen molar-refractivity contribution in [2.45, 2.75) is 6.61 Å². The number of thiocarbonyl (C=S) groups is 1. The lowest BCUT2D eigenvalue weighted by Gasteiger charge is -2.31. The van der Waals surface area contributed by atoms with Crippen LogP contribution < -0.4 is 4.74 Å². The Hall–Kier alpha value is -1.24. The van der Waals surface area contributed by atoms with Gasteiger partial charge in [0.1, 0.15) is 17.9 Å². The van der Waals surface area contributed by atoms with Crippen LogP contribution in [0.4, 0.5) is 0 Å². The normalized spacial score (nSPS) is 14.5. The zero-order valence-electron chi connectivity index (χ0n) is 15.4. The number of hydrogen-bond donors (Lipinski definition) is 0. The van der Waals surface area contributed by atoms with Crippen LogP contribution in [0.5, 0.6) is 5.75 Å². The molecule has 0 aromatic heterocycles. The summed E-state index contributed by atoms with van der Waals surface area (Å²) in [6.45, 7) is 0.410. The molecule has 0 atom stereocenters. The second-order valence-corrected chi connectivity index (χ2v) is 9.42. The summed E-state index contributed by atoms with van der Waals surface area (Å²) in [5, 5.41) is 0.867. The zero-order chi connectivity index (χ0) is 21.3. The molecule has 1 aliphatic heterocycles. The first-order valence-corrected chi connectivity index (χ1v) is 11.3. The molecule has 1 fully saturated rings. The molecule has 3 rings (SSSR count). The number of benzene rings is 2. The lowest BCUT2D eigenvalue weighted by atomic mass is 10.1. The maximum absolute atomic E-state index is 12.5. The van der Waals surface area contributed by atoms with E-state index in [1.165, 1.54) is 9.80 Å². The van der Waals surface area contributed by atoms with Gasteiger partial charge in [0.25, 0.3) is 11.8 Å². The molecule has 0 aliphatic carbocycles. The molecule has 2 aromatic rings. The topological polar surface area (TPSA) is 49.9 Å². The lowest BCUT2D eigenvalue weighted by Crippen LogP contribution is -2.52. The number of likely N-dealkylation sites (N-methyl/N-ethyl adjacent to an activating group) is 2. The zero-order valence-corrected chi connectivity index (χ0v) is 21.3. The van der Waals surface area contributed by atoms with Crippen molar-refractivity contribution in [2.24, 2.45) is 0 Å². The highest BCUT2D eigenvalue weighted by Crippen LogP contribution is 2.31. The molecule has 0 N–H and O–H groups in total. The van der Waals surface area contributed by atoms with Crippen LogP contribution in [-0.4, -0.2) is 40.8 Å². The number of hydrogen-bond acceptors (Lipinski definition) is 4. The van der Waals surface area contributed by atoms with Crippen molar-refractivity contribution in [3.8, 4) is 5.75 Å². The minimum absolute atomic E-state index is 0.0741. The number of carbonyl (C=O) groups excluding carboxylic acids is 2. The van der Waals surface area contributed by atoms with Crippen molar-refractivity contribution >= 4 is 92.0 Å². The molecule has 9 heteroatoms. The van der Waals surface area contributed by atoms with Gasteiger partial charge in [-0.2, -0.15) is 0 Å². The third-order valence-electron chi connectivity index (χ3n) is 4.27. The van der Waals surface area contributed by atoms with Gasteiger partial charge in [-0.05, 0) is 98.9 Å². The summed E-state index contributed by atoms with van der Waals surface area (Å²) in [5.74, 6) is -0.0719. The number of amides is 2. The van der Waals surface area contributed by atoms with E-state index in [2.05, 4.69) is 45.2 Å². The maximum atomic E-state index is 12.5. The van der Waals surface area contributed by atoms with E-state index >= 15 is 0 Å². The predicted octanol–water partition coefficient (Wildman–Crippen LogP) is 4.73. The van der Waals surface area contributed by atoms with E-state index in [1.807, 2.05) is 36.4 Å². The van der Waals surface area contributed by atoms with E-state index in [0.29, 0.717) is 11.6 Å². The van der Waals surface area contributed by atoms with Crippen molar-refractivity contribution in [1.29, 1.82) is 0 Å². The Morgan fingerprint density at radius 2 is 1.55 bits per heavy atom. The molecule has 150 valence electrons. The number of ether oxygens (including phenoxy) is 1. The van der Waals surface area contributed by atoms with E-state index in [0.717, 1.165) is 24.0 Å². The summed E-state index contributed by atoms with van der Waals surface area (Å²) < 4.78 is 7.74. The van der Waals surface area contributed by atoms with Crippen LogP contribution in [0.15, 0.2) is 42.0 Å². The molecule has 0 spiro atoms. The Morgan fingerprint density at radius 1 is 1.03 bits per heavy atom. The van der Waals surface area contributed by atoms with Crippen LogP contribution in [-0.2, 0) is 16.2 Å². The van der Waals surface area contributed by atoms with Crippen molar-refractivity contribution < 1.29 is 14.3 Å². The van der Waals surface area contributed by atoms with Gasteiger partial charge in [0, 0.05) is 19.1 Å². The van der Waals surface area contributed by atoms with Gasteiger partial charge >= 0.3 is 0 Å². The van der Waals surface area contributed by atoms with Crippen molar-refractivity contribution in [2.75, 3.05) is 14.1 Å². The molecule has 0 bridgehead atoms. The molecule has 1 aliphatic rings. The Bertz CT molecular complexity index is 992.